The van der Waals surface area contributed by atoms with Crippen molar-refractivity contribution in [2.24, 2.45) is 0 Å². The smallest absolute Gasteiger partial charge is 0.237 e. The van der Waals surface area contributed by atoms with Crippen molar-refractivity contribution in [2.75, 3.05) is 5.32 Å². The molecule has 3 rings (SSSR count). The van der Waals surface area contributed by atoms with Crippen LogP contribution in [0.2, 0.25) is 0 Å². The highest BCUT2D eigenvalue weighted by Crippen LogP contribution is 2.26. The summed E-state index contributed by atoms with van der Waals surface area (Å²) >= 11 is 1.39. The Kier molecular flexibility index (Phi) is 5.19. The van der Waals surface area contributed by atoms with E-state index in [1.54, 1.807) is 6.08 Å². The number of nitrogens with one attached hydrogen (secondary N) is 1. The summed E-state index contributed by atoms with van der Waals surface area (Å²) in [7, 11) is 0. The van der Waals surface area contributed by atoms with E-state index in [1.165, 1.54) is 11.8 Å². The fourth-order valence-electron chi connectivity index (χ4n) is 2.57. The van der Waals surface area contributed by atoms with Crippen LogP contribution in [0.4, 0.5) is 5.69 Å². The van der Waals surface area contributed by atoms with Crippen molar-refractivity contribution >= 4 is 34.1 Å². The van der Waals surface area contributed by atoms with E-state index in [0.29, 0.717) is 6.54 Å². The number of aryl methyl sites for hydroxylation is 1. The standard InChI is InChI=1S/C19H20N4OS/c1-4-12-23-14(3)21-22-19(23)25-13(2)18(24)20-17-11-7-9-15-8-5-6-10-16(15)17/h4-11,13H,1,12H2,2-3H3,(H,20,24). The summed E-state index contributed by atoms with van der Waals surface area (Å²) in [5, 5.41) is 13.8. The van der Waals surface area contributed by atoms with E-state index in [2.05, 4.69) is 22.1 Å². The predicted octanol–water partition coefficient (Wildman–Crippen LogP) is 4.05. The lowest BCUT2D eigenvalue weighted by Gasteiger charge is -2.13. The molecule has 6 heteroatoms. The maximum atomic E-state index is 12.6. The van der Waals surface area contributed by atoms with Gasteiger partial charge in [-0.1, -0.05) is 54.2 Å². The number of benzene rings is 2. The third-order valence-electron chi connectivity index (χ3n) is 3.91. The van der Waals surface area contributed by atoms with Crippen molar-refractivity contribution in [2.45, 2.75) is 30.8 Å². The minimum Gasteiger partial charge on any atom is -0.325 e. The molecule has 5 nitrogen and oxygen atoms in total. The maximum absolute atomic E-state index is 12.6. The lowest BCUT2D eigenvalue weighted by atomic mass is 10.1. The molecule has 0 saturated carbocycles. The second-order valence-corrected chi connectivity index (χ2v) is 7.01. The van der Waals surface area contributed by atoms with Gasteiger partial charge >= 0.3 is 0 Å². The van der Waals surface area contributed by atoms with Crippen LogP contribution in [0.3, 0.4) is 0 Å². The zero-order valence-electron chi connectivity index (χ0n) is 14.3. The number of thioether (sulfide) groups is 1. The molecular formula is C19H20N4OS. The van der Waals surface area contributed by atoms with E-state index < -0.39 is 0 Å². The normalized spacial score (nSPS) is 12.1. The van der Waals surface area contributed by atoms with Crippen LogP contribution in [0.15, 0.2) is 60.3 Å². The molecule has 0 aliphatic rings. The third kappa shape index (κ3) is 3.74. The monoisotopic (exact) mass is 352 g/mol. The van der Waals surface area contributed by atoms with Crippen LogP contribution in [0.5, 0.6) is 0 Å². The molecular weight excluding hydrogens is 332 g/mol. The number of aromatic nitrogens is 3. The van der Waals surface area contributed by atoms with Gasteiger partial charge in [-0.25, -0.2) is 0 Å². The molecule has 0 aliphatic carbocycles. The number of carbonyl (C=O) groups excluding carboxylic acids is 1. The molecule has 25 heavy (non-hydrogen) atoms. The number of amides is 1. The number of hydrogen-bond donors (Lipinski definition) is 1. The highest BCUT2D eigenvalue weighted by molar-refractivity contribution is 8.00. The van der Waals surface area contributed by atoms with E-state index in [0.717, 1.165) is 27.4 Å². The van der Waals surface area contributed by atoms with Crippen LogP contribution in [0.25, 0.3) is 10.8 Å². The van der Waals surface area contributed by atoms with Crippen molar-refractivity contribution in [1.82, 2.24) is 14.8 Å². The van der Waals surface area contributed by atoms with Gasteiger partial charge in [-0.15, -0.1) is 16.8 Å². The van der Waals surface area contributed by atoms with Gasteiger partial charge in [0.2, 0.25) is 5.91 Å². The average molecular weight is 352 g/mol. The fraction of sp³-hybridized carbons (Fsp3) is 0.211. The van der Waals surface area contributed by atoms with E-state index in [1.807, 2.05) is 60.9 Å². The Morgan fingerprint density at radius 1 is 1.28 bits per heavy atom. The lowest BCUT2D eigenvalue weighted by Crippen LogP contribution is -2.23. The zero-order valence-corrected chi connectivity index (χ0v) is 15.1. The summed E-state index contributed by atoms with van der Waals surface area (Å²) < 4.78 is 1.94. The number of nitrogens with zero attached hydrogens (tertiary/aromatic N) is 3. The summed E-state index contributed by atoms with van der Waals surface area (Å²) in [5.74, 6) is 0.747. The first-order valence-electron chi connectivity index (χ1n) is 8.06. The van der Waals surface area contributed by atoms with Gasteiger partial charge in [0, 0.05) is 17.6 Å². The molecule has 128 valence electrons. The number of anilines is 1. The second-order valence-electron chi connectivity index (χ2n) is 5.71. The van der Waals surface area contributed by atoms with Crippen LogP contribution >= 0.6 is 11.8 Å². The van der Waals surface area contributed by atoms with Crippen LogP contribution < -0.4 is 5.32 Å². The van der Waals surface area contributed by atoms with Crippen LogP contribution in [-0.4, -0.2) is 25.9 Å². The lowest BCUT2D eigenvalue weighted by molar-refractivity contribution is -0.115. The molecule has 1 amide bonds. The third-order valence-corrected chi connectivity index (χ3v) is 4.99. The topological polar surface area (TPSA) is 59.8 Å². The molecule has 3 aromatic rings. The Morgan fingerprint density at radius 3 is 2.84 bits per heavy atom. The number of fused-ring (bicyclic) bond motifs is 1. The molecule has 2 aromatic carbocycles. The van der Waals surface area contributed by atoms with E-state index in [9.17, 15) is 4.79 Å². The minimum atomic E-state index is -0.300. The highest BCUT2D eigenvalue weighted by atomic mass is 32.2. The molecule has 0 saturated heterocycles. The molecule has 0 fully saturated rings. The average Bonchev–Trinajstić information content (AvgIpc) is 2.96. The molecule has 1 aromatic heterocycles. The largest absolute Gasteiger partial charge is 0.325 e. The molecule has 1 atom stereocenters. The van der Waals surface area contributed by atoms with Gasteiger partial charge in [0.1, 0.15) is 5.82 Å². The predicted molar refractivity (Wildman–Crippen MR) is 103 cm³/mol. The molecule has 1 heterocycles. The summed E-state index contributed by atoms with van der Waals surface area (Å²) in [6.45, 7) is 8.13. The van der Waals surface area contributed by atoms with Crippen LogP contribution in [-0.2, 0) is 11.3 Å². The fourth-order valence-corrected chi connectivity index (χ4v) is 3.47. The van der Waals surface area contributed by atoms with E-state index in [4.69, 9.17) is 0 Å². The van der Waals surface area contributed by atoms with Gasteiger partial charge in [-0.2, -0.15) is 0 Å². The van der Waals surface area contributed by atoms with E-state index >= 15 is 0 Å². The molecule has 0 radical (unpaired) electrons. The first-order valence-corrected chi connectivity index (χ1v) is 8.94. The highest BCUT2D eigenvalue weighted by Gasteiger charge is 2.19. The Hall–Kier alpha value is -2.60. The SMILES string of the molecule is C=CCn1c(C)nnc1SC(C)C(=O)Nc1cccc2ccccc12. The summed E-state index contributed by atoms with van der Waals surface area (Å²) in [4.78, 5) is 12.6. The number of rotatable bonds is 6. The van der Waals surface area contributed by atoms with Crippen molar-refractivity contribution in [3.63, 3.8) is 0 Å². The van der Waals surface area contributed by atoms with Gasteiger partial charge in [-0.05, 0) is 25.3 Å². The van der Waals surface area contributed by atoms with Crippen LogP contribution in [0.1, 0.15) is 12.7 Å². The van der Waals surface area contributed by atoms with Gasteiger partial charge in [0.05, 0.1) is 5.25 Å². The first kappa shape index (κ1) is 17.2. The summed E-state index contributed by atoms with van der Waals surface area (Å²) in [6, 6.07) is 13.9. The Morgan fingerprint density at radius 2 is 2.04 bits per heavy atom. The Labute approximate surface area is 151 Å². The minimum absolute atomic E-state index is 0.0628. The first-order chi connectivity index (χ1) is 12.1. The number of hydrogen-bond acceptors (Lipinski definition) is 4. The Balaban J connectivity index is 1.76. The molecule has 0 spiro atoms. The zero-order chi connectivity index (χ0) is 17.8. The molecule has 0 bridgehead atoms. The second kappa shape index (κ2) is 7.53. The Bertz CT molecular complexity index is 913. The summed E-state index contributed by atoms with van der Waals surface area (Å²) in [5.41, 5.74) is 0.819. The van der Waals surface area contributed by atoms with Gasteiger partial charge in [0.25, 0.3) is 0 Å². The van der Waals surface area contributed by atoms with E-state index in [-0.39, 0.29) is 11.2 Å². The number of allylic oxidation sites excluding steroid dienone is 1. The molecule has 1 N–H and O–H groups in total. The van der Waals surface area contributed by atoms with Crippen molar-refractivity contribution in [3.05, 3.63) is 60.9 Å². The van der Waals surface area contributed by atoms with Gasteiger partial charge in [-0.3, -0.25) is 4.79 Å². The van der Waals surface area contributed by atoms with Crippen molar-refractivity contribution in [3.8, 4) is 0 Å². The van der Waals surface area contributed by atoms with Gasteiger partial charge < -0.3 is 9.88 Å². The number of carbonyl (C=O) groups is 1. The van der Waals surface area contributed by atoms with Crippen molar-refractivity contribution in [1.29, 1.82) is 0 Å². The van der Waals surface area contributed by atoms with Crippen LogP contribution in [0, 0.1) is 6.92 Å². The summed E-state index contributed by atoms with van der Waals surface area (Å²) in [6.07, 6.45) is 1.79. The quantitative estimate of drug-likeness (QED) is 0.537. The maximum Gasteiger partial charge on any atom is 0.237 e. The molecule has 0 aliphatic heterocycles. The van der Waals surface area contributed by atoms with Gasteiger partial charge in [0.15, 0.2) is 5.16 Å². The van der Waals surface area contributed by atoms with Crippen molar-refractivity contribution < 1.29 is 4.79 Å². The molecule has 1 unspecified atom stereocenters.